The maximum absolute atomic E-state index is 11.7. The topological polar surface area (TPSA) is 110 Å². The molecular weight excluding hydrogens is 260 g/mol. The van der Waals surface area contributed by atoms with E-state index < -0.39 is 11.8 Å². The Balaban J connectivity index is 2.20. The van der Waals surface area contributed by atoms with Crippen molar-refractivity contribution < 1.29 is 14.3 Å². The minimum absolute atomic E-state index is 0.220. The summed E-state index contributed by atoms with van der Waals surface area (Å²) in [5, 5.41) is 9.05. The van der Waals surface area contributed by atoms with Crippen LogP contribution in [0.5, 0.6) is 5.75 Å². The molecule has 1 aromatic carbocycles. The van der Waals surface area contributed by atoms with Crippen LogP contribution in [-0.2, 0) is 4.79 Å². The van der Waals surface area contributed by atoms with Crippen molar-refractivity contribution in [3.05, 3.63) is 36.0 Å². The molecule has 0 aliphatic carbocycles. The second kappa shape index (κ2) is 5.87. The van der Waals surface area contributed by atoms with E-state index >= 15 is 0 Å². The highest BCUT2D eigenvalue weighted by atomic mass is 16.5. The van der Waals surface area contributed by atoms with Crippen molar-refractivity contribution in [2.75, 3.05) is 13.7 Å². The number of nitrogens with two attached hydrogens (primary N) is 1. The summed E-state index contributed by atoms with van der Waals surface area (Å²) in [7, 11) is 1.56. The Morgan fingerprint density at radius 2 is 2.15 bits per heavy atom. The van der Waals surface area contributed by atoms with Crippen molar-refractivity contribution in [1.82, 2.24) is 15.5 Å². The van der Waals surface area contributed by atoms with Gasteiger partial charge in [-0.3, -0.25) is 14.7 Å². The third-order valence-electron chi connectivity index (χ3n) is 2.63. The molecule has 1 heterocycles. The lowest BCUT2D eigenvalue weighted by Gasteiger charge is -2.04. The van der Waals surface area contributed by atoms with Gasteiger partial charge in [-0.25, -0.2) is 0 Å². The van der Waals surface area contributed by atoms with Gasteiger partial charge in [0.1, 0.15) is 11.4 Å². The van der Waals surface area contributed by atoms with Gasteiger partial charge in [-0.1, -0.05) is 12.1 Å². The van der Waals surface area contributed by atoms with Gasteiger partial charge in [0, 0.05) is 5.56 Å². The van der Waals surface area contributed by atoms with Crippen LogP contribution in [0.25, 0.3) is 11.3 Å². The van der Waals surface area contributed by atoms with E-state index in [-0.39, 0.29) is 12.2 Å². The zero-order chi connectivity index (χ0) is 14.5. The number of hydrogen-bond acceptors (Lipinski definition) is 4. The van der Waals surface area contributed by atoms with Crippen LogP contribution in [0.15, 0.2) is 30.3 Å². The molecule has 0 aliphatic heterocycles. The number of nitrogens with one attached hydrogen (secondary N) is 2. The summed E-state index contributed by atoms with van der Waals surface area (Å²) in [5.41, 5.74) is 6.54. The van der Waals surface area contributed by atoms with Crippen LogP contribution < -0.4 is 15.8 Å². The molecule has 0 atom stereocenters. The van der Waals surface area contributed by atoms with Crippen LogP contribution in [0.4, 0.5) is 0 Å². The average molecular weight is 274 g/mol. The van der Waals surface area contributed by atoms with E-state index in [9.17, 15) is 9.59 Å². The fraction of sp³-hybridized carbons (Fsp3) is 0.154. The number of primary amides is 1. The monoisotopic (exact) mass is 274 g/mol. The van der Waals surface area contributed by atoms with Crippen LogP contribution >= 0.6 is 0 Å². The second-order valence-corrected chi connectivity index (χ2v) is 4.02. The molecule has 0 saturated heterocycles. The molecule has 2 aromatic rings. The Morgan fingerprint density at radius 1 is 1.40 bits per heavy atom. The lowest BCUT2D eigenvalue weighted by atomic mass is 10.1. The van der Waals surface area contributed by atoms with Crippen molar-refractivity contribution in [2.45, 2.75) is 0 Å². The summed E-state index contributed by atoms with van der Waals surface area (Å²) in [4.78, 5) is 22.3. The number of aromatic amines is 1. The van der Waals surface area contributed by atoms with Gasteiger partial charge in [0.2, 0.25) is 5.91 Å². The van der Waals surface area contributed by atoms with Gasteiger partial charge in [-0.2, -0.15) is 5.10 Å². The molecule has 1 aromatic heterocycles. The van der Waals surface area contributed by atoms with E-state index in [0.717, 1.165) is 5.56 Å². The highest BCUT2D eigenvalue weighted by Crippen LogP contribution is 2.28. The summed E-state index contributed by atoms with van der Waals surface area (Å²) in [6.07, 6.45) is 0. The summed E-state index contributed by atoms with van der Waals surface area (Å²) < 4.78 is 5.23. The number of rotatable bonds is 5. The minimum atomic E-state index is -0.609. The summed E-state index contributed by atoms with van der Waals surface area (Å²) in [6, 6.07) is 8.90. The number of ether oxygens (including phenoxy) is 1. The van der Waals surface area contributed by atoms with Crippen LogP contribution in [0.1, 0.15) is 10.5 Å². The Hall–Kier alpha value is -2.83. The van der Waals surface area contributed by atoms with Crippen LogP contribution in [-0.4, -0.2) is 35.7 Å². The molecule has 2 amide bonds. The van der Waals surface area contributed by atoms with Gasteiger partial charge in [0.05, 0.1) is 19.3 Å². The molecule has 4 N–H and O–H groups in total. The van der Waals surface area contributed by atoms with E-state index in [2.05, 4.69) is 15.5 Å². The summed E-state index contributed by atoms with van der Waals surface area (Å²) in [5.74, 6) is -0.400. The third kappa shape index (κ3) is 2.94. The molecule has 104 valence electrons. The summed E-state index contributed by atoms with van der Waals surface area (Å²) in [6.45, 7) is -0.220. The zero-order valence-corrected chi connectivity index (χ0v) is 10.8. The van der Waals surface area contributed by atoms with E-state index in [1.807, 2.05) is 18.2 Å². The molecule has 0 saturated carbocycles. The lowest BCUT2D eigenvalue weighted by molar-refractivity contribution is -0.117. The molecule has 0 fully saturated rings. The predicted octanol–water partition coefficient (Wildman–Crippen LogP) is 0.300. The second-order valence-electron chi connectivity index (χ2n) is 4.02. The van der Waals surface area contributed by atoms with Crippen LogP contribution in [0, 0.1) is 0 Å². The molecule has 0 radical (unpaired) electrons. The normalized spacial score (nSPS) is 10.1. The molecule has 20 heavy (non-hydrogen) atoms. The smallest absolute Gasteiger partial charge is 0.269 e. The van der Waals surface area contributed by atoms with Gasteiger partial charge in [-0.15, -0.1) is 0 Å². The van der Waals surface area contributed by atoms with Gasteiger partial charge < -0.3 is 15.8 Å². The number of carbonyl (C=O) groups is 2. The molecule has 7 nitrogen and oxygen atoms in total. The number of hydrogen-bond donors (Lipinski definition) is 3. The number of H-pyrrole nitrogens is 1. The third-order valence-corrected chi connectivity index (χ3v) is 2.63. The maximum atomic E-state index is 11.7. The first-order chi connectivity index (χ1) is 9.61. The number of carbonyl (C=O) groups excluding carboxylic acids is 2. The molecular formula is C13H14N4O3. The fourth-order valence-corrected chi connectivity index (χ4v) is 1.69. The summed E-state index contributed by atoms with van der Waals surface area (Å²) >= 11 is 0. The first kappa shape index (κ1) is 13.6. The van der Waals surface area contributed by atoms with Gasteiger partial charge in [0.15, 0.2) is 0 Å². The van der Waals surface area contributed by atoms with E-state index in [4.69, 9.17) is 10.5 Å². The number of amides is 2. The molecule has 0 aliphatic rings. The highest BCUT2D eigenvalue weighted by molar-refractivity contribution is 5.95. The fourth-order valence-electron chi connectivity index (χ4n) is 1.69. The number of benzene rings is 1. The standard InChI is InChI=1S/C13H14N4O3/c1-20-11-5-3-2-4-8(11)9-6-10(17-16-9)13(19)15-7-12(14)18/h2-6H,7H2,1H3,(H2,14,18)(H,15,19)(H,16,17). The largest absolute Gasteiger partial charge is 0.496 e. The van der Waals surface area contributed by atoms with Crippen molar-refractivity contribution in [3.8, 4) is 17.0 Å². The highest BCUT2D eigenvalue weighted by Gasteiger charge is 2.13. The van der Waals surface area contributed by atoms with Crippen molar-refractivity contribution >= 4 is 11.8 Å². The van der Waals surface area contributed by atoms with E-state index in [0.29, 0.717) is 11.4 Å². The molecule has 0 bridgehead atoms. The first-order valence-electron chi connectivity index (χ1n) is 5.87. The zero-order valence-electron chi connectivity index (χ0n) is 10.8. The molecule has 0 unspecified atom stereocenters. The quantitative estimate of drug-likeness (QED) is 0.728. The predicted molar refractivity (Wildman–Crippen MR) is 72.1 cm³/mol. The Labute approximate surface area is 115 Å². The number of nitrogens with zero attached hydrogens (tertiary/aromatic N) is 1. The van der Waals surface area contributed by atoms with Gasteiger partial charge in [-0.05, 0) is 18.2 Å². The van der Waals surface area contributed by atoms with E-state index in [1.165, 1.54) is 0 Å². The lowest BCUT2D eigenvalue weighted by Crippen LogP contribution is -2.33. The van der Waals surface area contributed by atoms with Crippen LogP contribution in [0.3, 0.4) is 0 Å². The van der Waals surface area contributed by atoms with Gasteiger partial charge >= 0.3 is 0 Å². The van der Waals surface area contributed by atoms with Crippen LogP contribution in [0.2, 0.25) is 0 Å². The molecule has 7 heteroatoms. The molecule has 2 rings (SSSR count). The molecule has 0 spiro atoms. The minimum Gasteiger partial charge on any atom is -0.496 e. The Bertz CT molecular complexity index is 636. The van der Waals surface area contributed by atoms with Crippen molar-refractivity contribution in [3.63, 3.8) is 0 Å². The SMILES string of the molecule is COc1ccccc1-c1cc(C(=O)NCC(N)=O)[nH]n1. The maximum Gasteiger partial charge on any atom is 0.269 e. The van der Waals surface area contributed by atoms with Gasteiger partial charge in [0.25, 0.3) is 5.91 Å². The number of aromatic nitrogens is 2. The Kier molecular flexibility index (Phi) is 3.99. The number of para-hydroxylation sites is 1. The van der Waals surface area contributed by atoms with Crippen molar-refractivity contribution in [1.29, 1.82) is 0 Å². The Morgan fingerprint density at radius 3 is 2.85 bits per heavy atom. The average Bonchev–Trinajstić information content (AvgIpc) is 2.94. The van der Waals surface area contributed by atoms with Crippen molar-refractivity contribution in [2.24, 2.45) is 5.73 Å². The van der Waals surface area contributed by atoms with E-state index in [1.54, 1.807) is 19.2 Å². The first-order valence-corrected chi connectivity index (χ1v) is 5.87. The number of methoxy groups -OCH3 is 1.